The van der Waals surface area contributed by atoms with Crippen LogP contribution in [-0.4, -0.2) is 48.4 Å². The van der Waals surface area contributed by atoms with Crippen LogP contribution in [0.3, 0.4) is 0 Å². The second kappa shape index (κ2) is 8.17. The molecular formula is C20H18BrFN6O3. The molecule has 0 saturated carbocycles. The number of halogens is 2. The van der Waals surface area contributed by atoms with Crippen molar-refractivity contribution in [2.45, 2.75) is 19.1 Å². The topological polar surface area (TPSA) is 139 Å². The van der Waals surface area contributed by atoms with E-state index in [9.17, 15) is 14.3 Å². The molecule has 0 radical (unpaired) electrons. The van der Waals surface area contributed by atoms with Crippen LogP contribution in [0.4, 0.5) is 10.2 Å². The molecule has 5 N–H and O–H groups in total. The van der Waals surface area contributed by atoms with Crippen molar-refractivity contribution in [1.29, 1.82) is 0 Å². The molecule has 4 rings (SSSR count). The van der Waals surface area contributed by atoms with Crippen LogP contribution in [0.1, 0.15) is 18.7 Å². The number of hydrogen-bond donors (Lipinski definition) is 4. The number of nitrogens with two attached hydrogens (primary N) is 1. The summed E-state index contributed by atoms with van der Waals surface area (Å²) in [5.41, 5.74) is 8.98. The van der Waals surface area contributed by atoms with Gasteiger partial charge in [-0.25, -0.2) is 9.37 Å². The summed E-state index contributed by atoms with van der Waals surface area (Å²) < 4.78 is 15.5. The van der Waals surface area contributed by atoms with Gasteiger partial charge in [0.2, 0.25) is 0 Å². The molecule has 1 aromatic carbocycles. The standard InChI is InChI=1S/C20H18BrFN6O3/c1-9(26-20(31)15(30)8-29)17-16(21)18(23)28-19(27-17)13(7-25-28)11-4-10-5-12(22)2-3-14(10)24-6-11/h2-7,9,15,29-30H,8,23H2,1H3,(H,26,31)/t9?,15-/m0/s1. The van der Waals surface area contributed by atoms with Gasteiger partial charge in [-0.15, -0.1) is 0 Å². The highest BCUT2D eigenvalue weighted by atomic mass is 79.9. The number of amides is 1. The van der Waals surface area contributed by atoms with Gasteiger partial charge in [-0.1, -0.05) is 0 Å². The minimum absolute atomic E-state index is 0.259. The minimum Gasteiger partial charge on any atom is -0.393 e. The summed E-state index contributed by atoms with van der Waals surface area (Å²) in [5, 5.41) is 26.0. The van der Waals surface area contributed by atoms with Crippen molar-refractivity contribution in [3.05, 3.63) is 52.6 Å². The van der Waals surface area contributed by atoms with Gasteiger partial charge in [0.05, 0.1) is 34.5 Å². The van der Waals surface area contributed by atoms with Crippen molar-refractivity contribution in [2.24, 2.45) is 0 Å². The van der Waals surface area contributed by atoms with Gasteiger partial charge in [-0.05, 0) is 47.1 Å². The molecule has 11 heteroatoms. The summed E-state index contributed by atoms with van der Waals surface area (Å²) in [7, 11) is 0. The Balaban J connectivity index is 1.81. The van der Waals surface area contributed by atoms with Gasteiger partial charge in [-0.2, -0.15) is 9.61 Å². The Morgan fingerprint density at radius 1 is 1.35 bits per heavy atom. The number of anilines is 1. The molecule has 1 unspecified atom stereocenters. The van der Waals surface area contributed by atoms with Gasteiger partial charge in [0, 0.05) is 22.7 Å². The molecule has 31 heavy (non-hydrogen) atoms. The highest BCUT2D eigenvalue weighted by Gasteiger charge is 2.23. The molecule has 0 aliphatic heterocycles. The summed E-state index contributed by atoms with van der Waals surface area (Å²) in [4.78, 5) is 20.9. The van der Waals surface area contributed by atoms with Crippen LogP contribution < -0.4 is 11.1 Å². The first-order valence-electron chi connectivity index (χ1n) is 9.27. The Morgan fingerprint density at radius 2 is 2.13 bits per heavy atom. The second-order valence-electron chi connectivity index (χ2n) is 6.98. The Morgan fingerprint density at radius 3 is 2.87 bits per heavy atom. The number of nitrogen functional groups attached to an aromatic ring is 1. The number of hydrogen-bond acceptors (Lipinski definition) is 7. The molecule has 0 bridgehead atoms. The lowest BCUT2D eigenvalue weighted by molar-refractivity contribution is -0.131. The van der Waals surface area contributed by atoms with Crippen LogP contribution in [-0.2, 0) is 4.79 Å². The van der Waals surface area contributed by atoms with Crippen molar-refractivity contribution < 1.29 is 19.4 Å². The molecule has 2 atom stereocenters. The van der Waals surface area contributed by atoms with E-state index in [1.807, 2.05) is 0 Å². The van der Waals surface area contributed by atoms with Gasteiger partial charge < -0.3 is 21.3 Å². The second-order valence-corrected chi connectivity index (χ2v) is 7.77. The number of aliphatic hydroxyl groups is 2. The van der Waals surface area contributed by atoms with Crippen LogP contribution in [0.25, 0.3) is 27.7 Å². The number of aromatic nitrogens is 4. The van der Waals surface area contributed by atoms with Crippen LogP contribution in [0.2, 0.25) is 0 Å². The normalized spacial score (nSPS) is 13.5. The summed E-state index contributed by atoms with van der Waals surface area (Å²) in [6.45, 7) is 0.970. The number of fused-ring (bicyclic) bond motifs is 2. The van der Waals surface area contributed by atoms with Crippen LogP contribution in [0.5, 0.6) is 0 Å². The number of pyridine rings is 1. The molecule has 0 aliphatic carbocycles. The first kappa shape index (κ1) is 21.1. The van der Waals surface area contributed by atoms with Crippen LogP contribution >= 0.6 is 15.9 Å². The molecule has 3 aromatic heterocycles. The molecule has 0 fully saturated rings. The zero-order chi connectivity index (χ0) is 22.3. The van der Waals surface area contributed by atoms with E-state index in [-0.39, 0.29) is 11.6 Å². The van der Waals surface area contributed by atoms with E-state index < -0.39 is 24.7 Å². The van der Waals surface area contributed by atoms with Crippen molar-refractivity contribution in [2.75, 3.05) is 12.3 Å². The molecule has 0 saturated heterocycles. The van der Waals surface area contributed by atoms with E-state index in [4.69, 9.17) is 10.8 Å². The van der Waals surface area contributed by atoms with E-state index >= 15 is 0 Å². The molecule has 9 nitrogen and oxygen atoms in total. The number of carbonyl (C=O) groups excluding carboxylic acids is 1. The lowest BCUT2D eigenvalue weighted by atomic mass is 10.1. The SMILES string of the molecule is CC(NC(=O)[C@@H](O)CO)c1nc2c(-c3cnc4ccc(F)cc4c3)cnn2c(N)c1Br. The van der Waals surface area contributed by atoms with E-state index in [1.54, 1.807) is 31.5 Å². The average molecular weight is 489 g/mol. The van der Waals surface area contributed by atoms with Gasteiger partial charge in [0.15, 0.2) is 11.8 Å². The number of rotatable bonds is 5. The van der Waals surface area contributed by atoms with Gasteiger partial charge in [0.25, 0.3) is 5.91 Å². The molecule has 3 heterocycles. The highest BCUT2D eigenvalue weighted by molar-refractivity contribution is 9.10. The first-order chi connectivity index (χ1) is 14.8. The fourth-order valence-corrected chi connectivity index (χ4v) is 3.81. The van der Waals surface area contributed by atoms with E-state index in [1.165, 1.54) is 16.6 Å². The zero-order valence-corrected chi connectivity index (χ0v) is 17.8. The fraction of sp³-hybridized carbons (Fsp3) is 0.200. The maximum Gasteiger partial charge on any atom is 0.251 e. The predicted octanol–water partition coefficient (Wildman–Crippen LogP) is 1.96. The summed E-state index contributed by atoms with van der Waals surface area (Å²) in [6.07, 6.45) is 1.67. The summed E-state index contributed by atoms with van der Waals surface area (Å²) >= 11 is 3.39. The van der Waals surface area contributed by atoms with Crippen LogP contribution in [0.15, 0.2) is 41.1 Å². The number of nitrogens with zero attached hydrogens (tertiary/aromatic N) is 4. The van der Waals surface area contributed by atoms with Gasteiger partial charge in [0.1, 0.15) is 11.6 Å². The largest absolute Gasteiger partial charge is 0.393 e. The Bertz CT molecular complexity index is 1310. The summed E-state index contributed by atoms with van der Waals surface area (Å²) in [5.74, 6) is -0.846. The quantitative estimate of drug-likeness (QED) is 0.336. The third kappa shape index (κ3) is 3.82. The monoisotopic (exact) mass is 488 g/mol. The van der Waals surface area contributed by atoms with E-state index in [0.717, 1.165) is 0 Å². The smallest absolute Gasteiger partial charge is 0.251 e. The average Bonchev–Trinajstić information content (AvgIpc) is 3.19. The van der Waals surface area contributed by atoms with E-state index in [2.05, 4.69) is 36.3 Å². The summed E-state index contributed by atoms with van der Waals surface area (Å²) in [6, 6.07) is 5.49. The Kier molecular flexibility index (Phi) is 5.56. The lowest BCUT2D eigenvalue weighted by Gasteiger charge is -2.18. The molecule has 0 spiro atoms. The number of carbonyl (C=O) groups is 1. The van der Waals surface area contributed by atoms with E-state index in [0.29, 0.717) is 37.8 Å². The zero-order valence-electron chi connectivity index (χ0n) is 16.3. The van der Waals surface area contributed by atoms with Crippen molar-refractivity contribution in [1.82, 2.24) is 24.9 Å². The van der Waals surface area contributed by atoms with Crippen molar-refractivity contribution >= 4 is 44.2 Å². The van der Waals surface area contributed by atoms with Gasteiger partial charge in [-0.3, -0.25) is 9.78 Å². The maximum absolute atomic E-state index is 13.6. The molecule has 1 amide bonds. The lowest BCUT2D eigenvalue weighted by Crippen LogP contribution is -2.38. The fourth-order valence-electron chi connectivity index (χ4n) is 3.21. The number of aliphatic hydroxyl groups excluding tert-OH is 2. The number of nitrogens with one attached hydrogen (secondary N) is 1. The van der Waals surface area contributed by atoms with Crippen molar-refractivity contribution in [3.63, 3.8) is 0 Å². The molecule has 160 valence electrons. The van der Waals surface area contributed by atoms with Crippen LogP contribution in [0, 0.1) is 5.82 Å². The maximum atomic E-state index is 13.6. The Labute approximate surface area is 183 Å². The third-order valence-electron chi connectivity index (χ3n) is 4.85. The molecular weight excluding hydrogens is 471 g/mol. The van der Waals surface area contributed by atoms with Crippen molar-refractivity contribution in [3.8, 4) is 11.1 Å². The number of benzene rings is 1. The predicted molar refractivity (Wildman–Crippen MR) is 115 cm³/mol. The minimum atomic E-state index is -1.54. The van der Waals surface area contributed by atoms with Gasteiger partial charge >= 0.3 is 0 Å². The molecule has 4 aromatic rings. The first-order valence-corrected chi connectivity index (χ1v) is 10.1. The third-order valence-corrected chi connectivity index (χ3v) is 5.66. The molecule has 0 aliphatic rings. The highest BCUT2D eigenvalue weighted by Crippen LogP contribution is 2.33. The Hall–Kier alpha value is -3.15.